The van der Waals surface area contributed by atoms with Gasteiger partial charge in [0.15, 0.2) is 0 Å². The summed E-state index contributed by atoms with van der Waals surface area (Å²) in [5.41, 5.74) is 0. The molecule has 1 saturated heterocycles. The molecule has 0 spiro atoms. The first-order valence-corrected chi connectivity index (χ1v) is 3.68. The van der Waals surface area contributed by atoms with Gasteiger partial charge in [-0.05, 0) is 6.42 Å². The van der Waals surface area contributed by atoms with Crippen LogP contribution in [-0.4, -0.2) is 37.4 Å². The lowest BCUT2D eigenvalue weighted by atomic mass is 10.1. The molecule has 0 saturated carbocycles. The Bertz CT molecular complexity index is 149. The summed E-state index contributed by atoms with van der Waals surface area (Å²) in [7, 11) is 1.57. The summed E-state index contributed by atoms with van der Waals surface area (Å²) in [6, 6.07) is -0.0670. The Morgan fingerprint density at radius 3 is 3.00 bits per heavy atom. The summed E-state index contributed by atoms with van der Waals surface area (Å²) in [4.78, 5) is 11.0. The molecule has 64 valence electrons. The van der Waals surface area contributed by atoms with Crippen LogP contribution in [0.2, 0.25) is 0 Å². The topological polar surface area (TPSA) is 58.6 Å². The summed E-state index contributed by atoms with van der Waals surface area (Å²) < 4.78 is 4.85. The largest absolute Gasteiger partial charge is 0.394 e. The van der Waals surface area contributed by atoms with Crippen LogP contribution in [0.4, 0.5) is 0 Å². The van der Waals surface area contributed by atoms with Crippen molar-refractivity contribution in [3.05, 3.63) is 0 Å². The smallest absolute Gasteiger partial charge is 0.225 e. The van der Waals surface area contributed by atoms with Gasteiger partial charge in [0.25, 0.3) is 0 Å². The predicted octanol–water partition coefficient (Wildman–Crippen LogP) is -0.870. The van der Waals surface area contributed by atoms with Gasteiger partial charge in [-0.15, -0.1) is 0 Å². The van der Waals surface area contributed by atoms with Crippen molar-refractivity contribution in [1.82, 2.24) is 5.32 Å². The number of amides is 1. The van der Waals surface area contributed by atoms with Crippen LogP contribution in [0.15, 0.2) is 0 Å². The van der Waals surface area contributed by atoms with Crippen molar-refractivity contribution in [2.45, 2.75) is 12.5 Å². The second kappa shape index (κ2) is 3.69. The number of carbonyl (C=O) groups excluding carboxylic acids is 1. The van der Waals surface area contributed by atoms with E-state index < -0.39 is 0 Å². The van der Waals surface area contributed by atoms with Crippen LogP contribution >= 0.6 is 0 Å². The lowest BCUT2D eigenvalue weighted by Crippen LogP contribution is -2.29. The first-order chi connectivity index (χ1) is 5.27. The summed E-state index contributed by atoms with van der Waals surface area (Å²) in [5.74, 6) is -0.0805. The highest BCUT2D eigenvalue weighted by molar-refractivity contribution is 5.81. The zero-order valence-corrected chi connectivity index (χ0v) is 6.54. The van der Waals surface area contributed by atoms with Gasteiger partial charge >= 0.3 is 0 Å². The molecule has 4 nitrogen and oxygen atoms in total. The van der Waals surface area contributed by atoms with Gasteiger partial charge in [-0.3, -0.25) is 4.79 Å². The number of aliphatic hydroxyl groups is 1. The van der Waals surface area contributed by atoms with Crippen molar-refractivity contribution in [2.24, 2.45) is 5.92 Å². The Balaban J connectivity index is 2.38. The minimum Gasteiger partial charge on any atom is -0.394 e. The standard InChI is InChI=1S/C7H13NO3/c1-11-4-5-2-6(3-9)8-7(5)10/h5-6,9H,2-4H2,1H3,(H,8,10)/t5?,6-/m0/s1. The monoisotopic (exact) mass is 159 g/mol. The van der Waals surface area contributed by atoms with Gasteiger partial charge in [-0.1, -0.05) is 0 Å². The zero-order chi connectivity index (χ0) is 8.27. The minimum atomic E-state index is -0.0721. The second-order valence-electron chi connectivity index (χ2n) is 2.78. The molecule has 1 unspecified atom stereocenters. The lowest BCUT2D eigenvalue weighted by molar-refractivity contribution is -0.123. The number of hydrogen-bond donors (Lipinski definition) is 2. The Hall–Kier alpha value is -0.610. The molecule has 2 N–H and O–H groups in total. The summed E-state index contributed by atoms with van der Waals surface area (Å²) in [6.45, 7) is 0.467. The number of hydrogen-bond acceptors (Lipinski definition) is 3. The van der Waals surface area contributed by atoms with Crippen LogP contribution in [-0.2, 0) is 9.53 Å². The zero-order valence-electron chi connectivity index (χ0n) is 6.54. The third kappa shape index (κ3) is 1.91. The highest BCUT2D eigenvalue weighted by Crippen LogP contribution is 2.14. The molecule has 0 bridgehead atoms. The van der Waals surface area contributed by atoms with E-state index in [9.17, 15) is 4.79 Å². The van der Waals surface area contributed by atoms with Crippen LogP contribution < -0.4 is 5.32 Å². The van der Waals surface area contributed by atoms with Crippen LogP contribution in [0.1, 0.15) is 6.42 Å². The van der Waals surface area contributed by atoms with Crippen LogP contribution in [0.3, 0.4) is 0 Å². The fraction of sp³-hybridized carbons (Fsp3) is 0.857. The highest BCUT2D eigenvalue weighted by Gasteiger charge is 2.30. The van der Waals surface area contributed by atoms with Gasteiger partial charge in [-0.25, -0.2) is 0 Å². The number of methoxy groups -OCH3 is 1. The Kier molecular flexibility index (Phi) is 2.84. The van der Waals surface area contributed by atoms with E-state index in [0.29, 0.717) is 13.0 Å². The van der Waals surface area contributed by atoms with Crippen molar-refractivity contribution >= 4 is 5.91 Å². The molecule has 2 atom stereocenters. The Morgan fingerprint density at radius 2 is 2.55 bits per heavy atom. The van der Waals surface area contributed by atoms with Gasteiger partial charge in [0.2, 0.25) is 5.91 Å². The SMILES string of the molecule is COCC1C[C@@H](CO)NC1=O. The molecule has 1 rings (SSSR count). The van der Waals surface area contributed by atoms with Crippen molar-refractivity contribution in [3.63, 3.8) is 0 Å². The van der Waals surface area contributed by atoms with E-state index >= 15 is 0 Å². The maximum atomic E-state index is 11.0. The molecule has 11 heavy (non-hydrogen) atoms. The number of aliphatic hydroxyl groups excluding tert-OH is 1. The molecule has 0 aliphatic carbocycles. The maximum Gasteiger partial charge on any atom is 0.225 e. The predicted molar refractivity (Wildman–Crippen MR) is 39.0 cm³/mol. The number of carbonyl (C=O) groups is 1. The van der Waals surface area contributed by atoms with Crippen LogP contribution in [0, 0.1) is 5.92 Å². The van der Waals surface area contributed by atoms with E-state index in [1.165, 1.54) is 0 Å². The molecular weight excluding hydrogens is 146 g/mol. The molecule has 0 aromatic heterocycles. The maximum absolute atomic E-state index is 11.0. The second-order valence-corrected chi connectivity index (χ2v) is 2.78. The van der Waals surface area contributed by atoms with Crippen LogP contribution in [0.25, 0.3) is 0 Å². The van der Waals surface area contributed by atoms with E-state index in [4.69, 9.17) is 9.84 Å². The third-order valence-corrected chi connectivity index (χ3v) is 1.87. The molecule has 0 radical (unpaired) electrons. The molecule has 1 amide bonds. The van der Waals surface area contributed by atoms with Crippen molar-refractivity contribution < 1.29 is 14.6 Å². The normalized spacial score (nSPS) is 30.5. The first-order valence-electron chi connectivity index (χ1n) is 3.68. The van der Waals surface area contributed by atoms with Gasteiger partial charge in [0.1, 0.15) is 0 Å². The number of ether oxygens (including phenoxy) is 1. The van der Waals surface area contributed by atoms with Gasteiger partial charge in [-0.2, -0.15) is 0 Å². The minimum absolute atomic E-state index is 0.00843. The molecular formula is C7H13NO3. The highest BCUT2D eigenvalue weighted by atomic mass is 16.5. The van der Waals surface area contributed by atoms with E-state index in [-0.39, 0.29) is 24.5 Å². The third-order valence-electron chi connectivity index (χ3n) is 1.87. The quantitative estimate of drug-likeness (QED) is 0.562. The molecule has 1 fully saturated rings. The molecule has 1 aliphatic heterocycles. The van der Waals surface area contributed by atoms with E-state index in [0.717, 1.165) is 0 Å². The van der Waals surface area contributed by atoms with E-state index in [1.807, 2.05) is 0 Å². The average molecular weight is 159 g/mol. The summed E-state index contributed by atoms with van der Waals surface area (Å²) in [5, 5.41) is 11.4. The fourth-order valence-electron chi connectivity index (χ4n) is 1.29. The molecule has 0 aromatic rings. The Labute approximate surface area is 65.5 Å². The molecule has 1 heterocycles. The molecule has 0 aromatic carbocycles. The lowest BCUT2D eigenvalue weighted by Gasteiger charge is -2.03. The summed E-state index contributed by atoms with van der Waals surface area (Å²) in [6.07, 6.45) is 0.684. The van der Waals surface area contributed by atoms with Gasteiger partial charge in [0, 0.05) is 7.11 Å². The first kappa shape index (κ1) is 8.49. The van der Waals surface area contributed by atoms with Gasteiger partial charge in [0.05, 0.1) is 25.2 Å². The average Bonchev–Trinajstić information content (AvgIpc) is 2.33. The van der Waals surface area contributed by atoms with Crippen molar-refractivity contribution in [3.8, 4) is 0 Å². The van der Waals surface area contributed by atoms with E-state index in [1.54, 1.807) is 7.11 Å². The Morgan fingerprint density at radius 1 is 1.82 bits per heavy atom. The number of rotatable bonds is 3. The fourth-order valence-corrected chi connectivity index (χ4v) is 1.29. The van der Waals surface area contributed by atoms with Crippen molar-refractivity contribution in [2.75, 3.05) is 20.3 Å². The van der Waals surface area contributed by atoms with E-state index in [2.05, 4.69) is 5.32 Å². The van der Waals surface area contributed by atoms with Gasteiger partial charge < -0.3 is 15.2 Å². The molecule has 4 heteroatoms. The summed E-state index contributed by atoms with van der Waals surface area (Å²) >= 11 is 0. The molecule has 1 aliphatic rings. The van der Waals surface area contributed by atoms with Crippen LogP contribution in [0.5, 0.6) is 0 Å². The number of nitrogens with one attached hydrogen (secondary N) is 1. The van der Waals surface area contributed by atoms with Crippen molar-refractivity contribution in [1.29, 1.82) is 0 Å².